The Kier molecular flexibility index (Phi) is 4.93. The molecule has 1 unspecified atom stereocenters. The second-order valence-corrected chi connectivity index (χ2v) is 10.9. The van der Waals surface area contributed by atoms with Crippen LogP contribution in [0, 0.1) is 0 Å². The number of hydrogen-bond donors (Lipinski definition) is 1. The van der Waals surface area contributed by atoms with E-state index in [0.29, 0.717) is 0 Å². The number of fused-ring (bicyclic) bond motifs is 7. The SMILES string of the molecule is c1ccc(C2Nc3ccccc3N=C2n2c3ccccc3c3cc4c5ccccc5n(-c5ccccc5)c4cc32)cc1. The average Bonchev–Trinajstić information content (AvgIpc) is 3.56. The van der Waals surface area contributed by atoms with Crippen molar-refractivity contribution in [3.8, 4) is 5.69 Å². The number of benzene rings is 6. The quantitative estimate of drug-likeness (QED) is 0.234. The van der Waals surface area contributed by atoms with E-state index in [-0.39, 0.29) is 6.04 Å². The van der Waals surface area contributed by atoms with Crippen molar-refractivity contribution in [1.82, 2.24) is 9.13 Å². The summed E-state index contributed by atoms with van der Waals surface area (Å²) >= 11 is 0. The number of rotatable bonds is 2. The topological polar surface area (TPSA) is 34.2 Å². The molecule has 0 saturated carbocycles. The Hall–Kier alpha value is -5.61. The monoisotopic (exact) mass is 538 g/mol. The van der Waals surface area contributed by atoms with Crippen LogP contribution in [-0.4, -0.2) is 15.0 Å². The molecule has 0 amide bonds. The molecule has 0 bridgehead atoms. The maximum atomic E-state index is 5.36. The van der Waals surface area contributed by atoms with E-state index in [1.54, 1.807) is 0 Å². The molecule has 0 saturated heterocycles. The van der Waals surface area contributed by atoms with Crippen LogP contribution in [0.4, 0.5) is 11.4 Å². The Morgan fingerprint density at radius 3 is 1.79 bits per heavy atom. The Labute approximate surface area is 242 Å². The van der Waals surface area contributed by atoms with E-state index >= 15 is 0 Å². The van der Waals surface area contributed by atoms with Crippen molar-refractivity contribution in [3.05, 3.63) is 151 Å². The number of nitrogens with one attached hydrogen (secondary N) is 1. The third-order valence-corrected chi connectivity index (χ3v) is 8.54. The van der Waals surface area contributed by atoms with E-state index in [2.05, 4.69) is 160 Å². The second kappa shape index (κ2) is 8.95. The molecule has 0 radical (unpaired) electrons. The van der Waals surface area contributed by atoms with Crippen LogP contribution >= 0.6 is 0 Å². The van der Waals surface area contributed by atoms with Gasteiger partial charge in [-0.1, -0.05) is 97.1 Å². The summed E-state index contributed by atoms with van der Waals surface area (Å²) in [6.45, 7) is 0. The van der Waals surface area contributed by atoms with Crippen molar-refractivity contribution in [3.63, 3.8) is 0 Å². The molecule has 42 heavy (non-hydrogen) atoms. The Morgan fingerprint density at radius 1 is 0.476 bits per heavy atom. The standard InChI is InChI=1S/C38H26N4/c1-3-13-25(14-4-1)37-38(40-32-20-10-9-19-31(32)39-37)42-34-22-12-8-18-28(34)30-23-29-27-17-7-11-21-33(27)41(35(29)24-36(30)42)26-15-5-2-6-16-26/h1-24,37,39H. The summed E-state index contributed by atoms with van der Waals surface area (Å²) < 4.78 is 4.76. The predicted molar refractivity (Wildman–Crippen MR) is 176 cm³/mol. The van der Waals surface area contributed by atoms with E-state index in [0.717, 1.165) is 33.9 Å². The third kappa shape index (κ3) is 3.32. The van der Waals surface area contributed by atoms with Gasteiger partial charge in [0.1, 0.15) is 11.9 Å². The maximum Gasteiger partial charge on any atom is 0.141 e. The number of nitrogens with zero attached hydrogens (tertiary/aromatic N) is 3. The van der Waals surface area contributed by atoms with Crippen LogP contribution in [0.5, 0.6) is 0 Å². The van der Waals surface area contributed by atoms with Crippen molar-refractivity contribution < 1.29 is 0 Å². The molecule has 0 fully saturated rings. The van der Waals surface area contributed by atoms with Gasteiger partial charge in [-0.05, 0) is 54.1 Å². The van der Waals surface area contributed by atoms with Gasteiger partial charge in [0.05, 0.1) is 33.4 Å². The Morgan fingerprint density at radius 2 is 1.05 bits per heavy atom. The summed E-state index contributed by atoms with van der Waals surface area (Å²) in [7, 11) is 0. The number of aromatic nitrogens is 2. The summed E-state index contributed by atoms with van der Waals surface area (Å²) in [6, 6.07) is 51.7. The third-order valence-electron chi connectivity index (χ3n) is 8.54. The smallest absolute Gasteiger partial charge is 0.141 e. The molecule has 0 aliphatic carbocycles. The van der Waals surface area contributed by atoms with Crippen LogP contribution in [0.1, 0.15) is 11.6 Å². The molecule has 9 rings (SSSR count). The highest BCUT2D eigenvalue weighted by atomic mass is 15.2. The first kappa shape index (κ1) is 23.1. The van der Waals surface area contributed by atoms with Gasteiger partial charge in [0.2, 0.25) is 0 Å². The second-order valence-electron chi connectivity index (χ2n) is 10.9. The van der Waals surface area contributed by atoms with Crippen molar-refractivity contribution in [1.29, 1.82) is 0 Å². The summed E-state index contributed by atoms with van der Waals surface area (Å²) in [5.74, 6) is 0.966. The summed E-state index contributed by atoms with van der Waals surface area (Å²) in [6.07, 6.45) is 0. The van der Waals surface area contributed by atoms with Crippen LogP contribution in [-0.2, 0) is 0 Å². The molecule has 4 heteroatoms. The van der Waals surface area contributed by atoms with E-state index in [1.165, 1.54) is 38.1 Å². The molecular weight excluding hydrogens is 512 g/mol. The summed E-state index contributed by atoms with van der Waals surface area (Å²) in [5.41, 5.74) is 9.00. The highest BCUT2D eigenvalue weighted by Crippen LogP contribution is 2.41. The van der Waals surface area contributed by atoms with Crippen LogP contribution in [0.25, 0.3) is 49.3 Å². The molecule has 4 nitrogen and oxygen atoms in total. The molecule has 0 spiro atoms. The zero-order chi connectivity index (χ0) is 27.6. The summed E-state index contributed by atoms with van der Waals surface area (Å²) in [4.78, 5) is 5.36. The van der Waals surface area contributed by atoms with Gasteiger partial charge in [0.25, 0.3) is 0 Å². The molecule has 6 aromatic carbocycles. The predicted octanol–water partition coefficient (Wildman–Crippen LogP) is 9.64. The Bertz CT molecular complexity index is 2320. The van der Waals surface area contributed by atoms with Crippen molar-refractivity contribution in [2.45, 2.75) is 6.04 Å². The van der Waals surface area contributed by atoms with Crippen molar-refractivity contribution in [2.24, 2.45) is 4.99 Å². The Balaban J connectivity index is 1.42. The fraction of sp³-hybridized carbons (Fsp3) is 0.0263. The normalized spacial score (nSPS) is 14.8. The van der Waals surface area contributed by atoms with Crippen molar-refractivity contribution in [2.75, 3.05) is 5.32 Å². The van der Waals surface area contributed by atoms with Crippen LogP contribution in [0.3, 0.4) is 0 Å². The molecule has 198 valence electrons. The fourth-order valence-corrected chi connectivity index (χ4v) is 6.69. The molecule has 3 heterocycles. The molecular formula is C38H26N4. The van der Waals surface area contributed by atoms with Gasteiger partial charge in [-0.25, -0.2) is 4.99 Å². The van der Waals surface area contributed by atoms with Crippen molar-refractivity contribution >= 4 is 60.8 Å². The lowest BCUT2D eigenvalue weighted by atomic mass is 10.0. The fourth-order valence-electron chi connectivity index (χ4n) is 6.69. The van der Waals surface area contributed by atoms with E-state index in [4.69, 9.17) is 4.99 Å². The molecule has 2 aromatic heterocycles. The average molecular weight is 539 g/mol. The zero-order valence-electron chi connectivity index (χ0n) is 22.8. The minimum Gasteiger partial charge on any atom is -0.370 e. The minimum atomic E-state index is -0.115. The first-order chi connectivity index (χ1) is 20.8. The maximum absolute atomic E-state index is 5.36. The molecule has 1 N–H and O–H groups in total. The lowest BCUT2D eigenvalue weighted by molar-refractivity contribution is 0.962. The van der Waals surface area contributed by atoms with E-state index < -0.39 is 0 Å². The van der Waals surface area contributed by atoms with E-state index in [9.17, 15) is 0 Å². The minimum absolute atomic E-state index is 0.115. The van der Waals surface area contributed by atoms with Crippen LogP contribution in [0.15, 0.2) is 151 Å². The van der Waals surface area contributed by atoms with Gasteiger partial charge in [0.15, 0.2) is 0 Å². The van der Waals surface area contributed by atoms with Gasteiger partial charge in [0, 0.05) is 27.2 Å². The lowest BCUT2D eigenvalue weighted by Gasteiger charge is -2.29. The van der Waals surface area contributed by atoms with Crippen LogP contribution in [0.2, 0.25) is 0 Å². The largest absolute Gasteiger partial charge is 0.370 e. The van der Waals surface area contributed by atoms with Gasteiger partial charge in [-0.2, -0.15) is 0 Å². The highest BCUT2D eigenvalue weighted by molar-refractivity contribution is 6.22. The van der Waals surface area contributed by atoms with Gasteiger partial charge in [-0.3, -0.25) is 4.57 Å². The molecule has 1 aliphatic heterocycles. The van der Waals surface area contributed by atoms with Gasteiger partial charge in [-0.15, -0.1) is 0 Å². The number of anilines is 1. The van der Waals surface area contributed by atoms with Crippen LogP contribution < -0.4 is 5.32 Å². The lowest BCUT2D eigenvalue weighted by Crippen LogP contribution is -2.29. The number of para-hydroxylation sites is 5. The summed E-state index contributed by atoms with van der Waals surface area (Å²) in [5, 5.41) is 8.77. The molecule has 1 atom stereocenters. The van der Waals surface area contributed by atoms with Gasteiger partial charge >= 0.3 is 0 Å². The molecule has 1 aliphatic rings. The molecule has 8 aromatic rings. The first-order valence-electron chi connectivity index (χ1n) is 14.4. The number of aliphatic imine (C=N–C) groups is 1. The first-order valence-corrected chi connectivity index (χ1v) is 14.4. The van der Waals surface area contributed by atoms with E-state index in [1.807, 2.05) is 0 Å². The zero-order valence-corrected chi connectivity index (χ0v) is 22.8. The van der Waals surface area contributed by atoms with Gasteiger partial charge < -0.3 is 9.88 Å². The number of hydrogen-bond acceptors (Lipinski definition) is 2. The highest BCUT2D eigenvalue weighted by Gasteiger charge is 2.28.